The number of aryl methyl sites for hydroxylation is 1. The van der Waals surface area contributed by atoms with E-state index < -0.39 is 10.0 Å². The second-order valence-electron chi connectivity index (χ2n) is 7.78. The quantitative estimate of drug-likeness (QED) is 0.690. The number of benzene rings is 1. The summed E-state index contributed by atoms with van der Waals surface area (Å²) in [7, 11) is -3.57. The number of hydrogen-bond donors (Lipinski definition) is 2. The molecular formula is C22H32N2O2S. The topological polar surface area (TPSA) is 58.2 Å². The van der Waals surface area contributed by atoms with Crippen LogP contribution in [0.4, 0.5) is 0 Å². The zero-order valence-corrected chi connectivity index (χ0v) is 17.2. The number of sulfonamides is 1. The van der Waals surface area contributed by atoms with Crippen LogP contribution in [0.25, 0.3) is 0 Å². The highest BCUT2D eigenvalue weighted by atomic mass is 32.2. The number of hydrogen-bond acceptors (Lipinski definition) is 3. The van der Waals surface area contributed by atoms with Gasteiger partial charge in [0.15, 0.2) is 0 Å². The maximum Gasteiger partial charge on any atom is 0.257 e. The molecule has 5 heteroatoms. The van der Waals surface area contributed by atoms with E-state index in [2.05, 4.69) is 16.3 Å². The van der Waals surface area contributed by atoms with Gasteiger partial charge in [0.05, 0.1) is 4.90 Å². The van der Waals surface area contributed by atoms with E-state index in [1.165, 1.54) is 62.5 Å². The van der Waals surface area contributed by atoms with Crippen LogP contribution in [0, 0.1) is 6.92 Å². The van der Waals surface area contributed by atoms with E-state index in [1.54, 1.807) is 12.1 Å². The van der Waals surface area contributed by atoms with Crippen LogP contribution in [-0.4, -0.2) is 8.42 Å². The molecule has 0 aromatic heterocycles. The molecule has 0 spiro atoms. The molecule has 0 unspecified atom stereocenters. The Kier molecular flexibility index (Phi) is 7.13. The first-order valence-electron chi connectivity index (χ1n) is 10.3. The van der Waals surface area contributed by atoms with Crippen molar-refractivity contribution in [3.05, 3.63) is 52.7 Å². The van der Waals surface area contributed by atoms with E-state index in [9.17, 15) is 8.42 Å². The van der Waals surface area contributed by atoms with Crippen molar-refractivity contribution in [1.82, 2.24) is 10.3 Å². The molecule has 2 aliphatic carbocycles. The molecule has 0 heterocycles. The summed E-state index contributed by atoms with van der Waals surface area (Å²) in [5.74, 6) is 0. The standard InChI is InChI=1S/C22H32N2O2S/c1-18-12-15-20(16-13-18)27(25,26)24-23-22-17-14-19-10-8-6-4-2-3-5-7-9-11-21(19)22/h12-13,15-17,23-24H,2-11,14H2,1H3. The Morgan fingerprint density at radius 3 is 2.07 bits per heavy atom. The van der Waals surface area contributed by atoms with Gasteiger partial charge in [0.1, 0.15) is 0 Å². The molecule has 1 aromatic carbocycles. The minimum Gasteiger partial charge on any atom is -0.308 e. The highest BCUT2D eigenvalue weighted by molar-refractivity contribution is 7.89. The summed E-state index contributed by atoms with van der Waals surface area (Å²) in [6.07, 6.45) is 15.7. The van der Waals surface area contributed by atoms with Gasteiger partial charge in [0.2, 0.25) is 0 Å². The maximum atomic E-state index is 12.6. The van der Waals surface area contributed by atoms with Crippen molar-refractivity contribution < 1.29 is 8.42 Å². The summed E-state index contributed by atoms with van der Waals surface area (Å²) in [5.41, 5.74) is 7.84. The van der Waals surface area contributed by atoms with Crippen molar-refractivity contribution >= 4 is 10.0 Å². The van der Waals surface area contributed by atoms with Crippen molar-refractivity contribution in [2.24, 2.45) is 0 Å². The zero-order valence-electron chi connectivity index (χ0n) is 16.4. The van der Waals surface area contributed by atoms with Crippen LogP contribution < -0.4 is 10.3 Å². The van der Waals surface area contributed by atoms with Gasteiger partial charge in [-0.05, 0) is 56.7 Å². The van der Waals surface area contributed by atoms with Gasteiger partial charge < -0.3 is 5.43 Å². The molecule has 0 radical (unpaired) electrons. The molecule has 0 aliphatic heterocycles. The number of rotatable bonds is 4. The Morgan fingerprint density at radius 1 is 0.815 bits per heavy atom. The Labute approximate surface area is 164 Å². The molecule has 148 valence electrons. The Balaban J connectivity index is 1.66. The molecular weight excluding hydrogens is 356 g/mol. The summed E-state index contributed by atoms with van der Waals surface area (Å²) in [6.45, 7) is 1.95. The maximum absolute atomic E-state index is 12.6. The van der Waals surface area contributed by atoms with Gasteiger partial charge in [-0.2, -0.15) is 0 Å². The molecule has 0 bridgehead atoms. The molecule has 0 atom stereocenters. The van der Waals surface area contributed by atoms with Crippen LogP contribution >= 0.6 is 0 Å². The number of allylic oxidation sites excluding steroid dienone is 3. The summed E-state index contributed by atoms with van der Waals surface area (Å²) in [4.78, 5) is 2.86. The monoisotopic (exact) mass is 388 g/mol. The van der Waals surface area contributed by atoms with Crippen LogP contribution in [0.15, 0.2) is 52.1 Å². The van der Waals surface area contributed by atoms with Gasteiger partial charge in [0, 0.05) is 5.70 Å². The third-order valence-electron chi connectivity index (χ3n) is 5.61. The fraction of sp³-hybridized carbons (Fsp3) is 0.545. The Hall–Kier alpha value is -1.59. The highest BCUT2D eigenvalue weighted by Gasteiger charge is 2.20. The summed E-state index contributed by atoms with van der Waals surface area (Å²) >= 11 is 0. The molecule has 2 aliphatic rings. The van der Waals surface area contributed by atoms with Gasteiger partial charge >= 0.3 is 0 Å². The lowest BCUT2D eigenvalue weighted by molar-refractivity contribution is 0.555. The van der Waals surface area contributed by atoms with Gasteiger partial charge in [-0.25, -0.2) is 8.42 Å². The van der Waals surface area contributed by atoms with Crippen molar-refractivity contribution in [3.63, 3.8) is 0 Å². The van der Waals surface area contributed by atoms with Gasteiger partial charge in [-0.3, -0.25) is 0 Å². The fourth-order valence-corrected chi connectivity index (χ4v) is 4.81. The zero-order chi connectivity index (χ0) is 19.1. The van der Waals surface area contributed by atoms with Crippen molar-refractivity contribution in [2.45, 2.75) is 82.4 Å². The van der Waals surface area contributed by atoms with E-state index in [0.717, 1.165) is 30.5 Å². The molecule has 2 N–H and O–H groups in total. The molecule has 27 heavy (non-hydrogen) atoms. The summed E-state index contributed by atoms with van der Waals surface area (Å²) in [5, 5.41) is 0. The lowest BCUT2D eigenvalue weighted by atomic mass is 9.96. The lowest BCUT2D eigenvalue weighted by Crippen LogP contribution is -2.37. The first kappa shape index (κ1) is 20.2. The molecule has 0 fully saturated rings. The van der Waals surface area contributed by atoms with Crippen molar-refractivity contribution in [3.8, 4) is 0 Å². The van der Waals surface area contributed by atoms with E-state index in [0.29, 0.717) is 0 Å². The third kappa shape index (κ3) is 5.69. The predicted molar refractivity (Wildman–Crippen MR) is 111 cm³/mol. The normalized spacial score (nSPS) is 19.7. The Bertz CT molecular complexity index is 792. The summed E-state index contributed by atoms with van der Waals surface area (Å²) in [6, 6.07) is 6.92. The van der Waals surface area contributed by atoms with Crippen LogP contribution in [0.2, 0.25) is 0 Å². The van der Waals surface area contributed by atoms with Crippen LogP contribution in [0.5, 0.6) is 0 Å². The number of nitrogens with one attached hydrogen (secondary N) is 2. The molecule has 1 aromatic rings. The first-order chi connectivity index (χ1) is 13.1. The fourth-order valence-electron chi connectivity index (χ4n) is 3.95. The predicted octanol–water partition coefficient (Wildman–Crippen LogP) is 5.28. The van der Waals surface area contributed by atoms with Crippen LogP contribution in [-0.2, 0) is 10.0 Å². The van der Waals surface area contributed by atoms with E-state index in [1.807, 2.05) is 19.1 Å². The highest BCUT2D eigenvalue weighted by Crippen LogP contribution is 2.32. The molecule has 3 rings (SSSR count). The van der Waals surface area contributed by atoms with Gasteiger partial charge in [-0.1, -0.05) is 67.9 Å². The molecule has 0 amide bonds. The Morgan fingerprint density at radius 2 is 1.41 bits per heavy atom. The second-order valence-corrected chi connectivity index (χ2v) is 9.46. The molecule has 0 saturated heterocycles. The van der Waals surface area contributed by atoms with Crippen LogP contribution in [0.3, 0.4) is 0 Å². The average molecular weight is 389 g/mol. The van der Waals surface area contributed by atoms with Crippen molar-refractivity contribution in [1.29, 1.82) is 0 Å². The molecule has 0 saturated carbocycles. The van der Waals surface area contributed by atoms with Crippen LogP contribution in [0.1, 0.15) is 76.2 Å². The average Bonchev–Trinajstić information content (AvgIpc) is 3.02. The second kappa shape index (κ2) is 9.56. The number of hydrazine groups is 1. The summed E-state index contributed by atoms with van der Waals surface area (Å²) < 4.78 is 25.1. The van der Waals surface area contributed by atoms with E-state index >= 15 is 0 Å². The van der Waals surface area contributed by atoms with E-state index in [4.69, 9.17) is 0 Å². The van der Waals surface area contributed by atoms with Crippen molar-refractivity contribution in [2.75, 3.05) is 0 Å². The minimum atomic E-state index is -3.57. The van der Waals surface area contributed by atoms with Gasteiger partial charge in [0.25, 0.3) is 10.0 Å². The SMILES string of the molecule is Cc1ccc(S(=O)(=O)NNC2=CCC3=C2CCCCCCCCCC3)cc1. The lowest BCUT2D eigenvalue weighted by Gasteiger charge is -2.16. The first-order valence-corrected chi connectivity index (χ1v) is 11.8. The third-order valence-corrected chi connectivity index (χ3v) is 6.87. The minimum absolute atomic E-state index is 0.284. The molecule has 4 nitrogen and oxygen atoms in total. The largest absolute Gasteiger partial charge is 0.308 e. The smallest absolute Gasteiger partial charge is 0.257 e. The van der Waals surface area contributed by atoms with Gasteiger partial charge in [-0.15, -0.1) is 4.83 Å². The van der Waals surface area contributed by atoms with E-state index in [-0.39, 0.29) is 4.90 Å².